The maximum absolute atomic E-state index is 5.21. The van der Waals surface area contributed by atoms with E-state index in [0.717, 1.165) is 12.5 Å². The molecule has 0 unspecified atom stereocenters. The van der Waals surface area contributed by atoms with Gasteiger partial charge in [-0.3, -0.25) is 0 Å². The molecule has 2 heterocycles. The zero-order chi connectivity index (χ0) is 6.27. The number of ether oxygens (including phenoxy) is 1. The monoisotopic (exact) mass is 127 g/mol. The molecular weight excluding hydrogens is 114 g/mol. The molecule has 2 rings (SSSR count). The lowest BCUT2D eigenvalue weighted by Crippen LogP contribution is -2.16. The van der Waals surface area contributed by atoms with E-state index in [1.807, 2.05) is 0 Å². The first-order chi connectivity index (χ1) is 4.36. The van der Waals surface area contributed by atoms with Gasteiger partial charge < -0.3 is 9.64 Å². The predicted octanol–water partition coefficient (Wildman–Crippen LogP) is 0.337. The lowest BCUT2D eigenvalue weighted by molar-refractivity contribution is 0.319. The Morgan fingerprint density at radius 3 is 2.78 bits per heavy atom. The second-order valence-corrected chi connectivity index (χ2v) is 3.18. The van der Waals surface area contributed by atoms with Crippen molar-refractivity contribution < 1.29 is 4.74 Å². The van der Waals surface area contributed by atoms with Gasteiger partial charge in [-0.25, -0.2) is 0 Å². The van der Waals surface area contributed by atoms with Crippen molar-refractivity contribution in [1.82, 2.24) is 4.90 Å². The second kappa shape index (κ2) is 1.96. The number of hydrogen-bond donors (Lipinski definition) is 0. The van der Waals surface area contributed by atoms with Gasteiger partial charge in [0.2, 0.25) is 0 Å². The van der Waals surface area contributed by atoms with Crippen molar-refractivity contribution in [2.75, 3.05) is 26.7 Å². The third kappa shape index (κ3) is 1.10. The average molecular weight is 127 g/mol. The summed E-state index contributed by atoms with van der Waals surface area (Å²) >= 11 is 0. The highest BCUT2D eigenvalue weighted by molar-refractivity contribution is 4.85. The fraction of sp³-hybridized carbons (Fsp3) is 1.00. The van der Waals surface area contributed by atoms with Gasteiger partial charge in [-0.05, 0) is 20.0 Å². The van der Waals surface area contributed by atoms with Crippen LogP contribution >= 0.6 is 0 Å². The van der Waals surface area contributed by atoms with Gasteiger partial charge in [0.05, 0.1) is 12.7 Å². The van der Waals surface area contributed by atoms with Crippen molar-refractivity contribution in [2.24, 2.45) is 5.92 Å². The van der Waals surface area contributed by atoms with Crippen LogP contribution in [0.15, 0.2) is 0 Å². The van der Waals surface area contributed by atoms with E-state index in [9.17, 15) is 0 Å². The van der Waals surface area contributed by atoms with Crippen LogP contribution < -0.4 is 0 Å². The van der Waals surface area contributed by atoms with E-state index >= 15 is 0 Å². The molecule has 2 atom stereocenters. The van der Waals surface area contributed by atoms with Crippen molar-refractivity contribution in [3.05, 3.63) is 0 Å². The van der Waals surface area contributed by atoms with E-state index in [1.165, 1.54) is 19.5 Å². The largest absolute Gasteiger partial charge is 0.373 e. The highest BCUT2D eigenvalue weighted by Gasteiger charge is 2.35. The molecule has 2 saturated heterocycles. The van der Waals surface area contributed by atoms with Gasteiger partial charge in [0.25, 0.3) is 0 Å². The predicted molar refractivity (Wildman–Crippen MR) is 35.3 cm³/mol. The van der Waals surface area contributed by atoms with E-state index in [-0.39, 0.29) is 0 Å². The number of nitrogens with zero attached hydrogens (tertiary/aromatic N) is 1. The van der Waals surface area contributed by atoms with Gasteiger partial charge in [0, 0.05) is 12.5 Å². The first-order valence-electron chi connectivity index (χ1n) is 3.66. The number of likely N-dealkylation sites (tertiary alicyclic amines) is 1. The van der Waals surface area contributed by atoms with Crippen molar-refractivity contribution in [1.29, 1.82) is 0 Å². The molecule has 2 aliphatic heterocycles. The van der Waals surface area contributed by atoms with Crippen LogP contribution in [0.5, 0.6) is 0 Å². The Balaban J connectivity index is 1.86. The smallest absolute Gasteiger partial charge is 0.0850 e. The summed E-state index contributed by atoms with van der Waals surface area (Å²) in [6, 6.07) is 0. The highest BCUT2D eigenvalue weighted by Crippen LogP contribution is 2.27. The van der Waals surface area contributed by atoms with E-state index < -0.39 is 0 Å². The molecule has 2 aliphatic rings. The minimum atomic E-state index is 0.634. The van der Waals surface area contributed by atoms with Crippen LogP contribution in [0.25, 0.3) is 0 Å². The fourth-order valence-corrected chi connectivity index (χ4v) is 1.60. The maximum Gasteiger partial charge on any atom is 0.0850 e. The van der Waals surface area contributed by atoms with Gasteiger partial charge in [0.1, 0.15) is 0 Å². The van der Waals surface area contributed by atoms with Crippen molar-refractivity contribution in [3.8, 4) is 0 Å². The average Bonchev–Trinajstić information content (AvgIpc) is 2.58. The summed E-state index contributed by atoms with van der Waals surface area (Å²) < 4.78 is 5.21. The minimum absolute atomic E-state index is 0.634. The summed E-state index contributed by atoms with van der Waals surface area (Å²) in [5, 5.41) is 0. The second-order valence-electron chi connectivity index (χ2n) is 3.18. The van der Waals surface area contributed by atoms with Gasteiger partial charge in [-0.15, -0.1) is 0 Å². The zero-order valence-electron chi connectivity index (χ0n) is 5.84. The van der Waals surface area contributed by atoms with Crippen LogP contribution in [0.4, 0.5) is 0 Å². The van der Waals surface area contributed by atoms with E-state index in [0.29, 0.717) is 6.10 Å². The van der Waals surface area contributed by atoms with Gasteiger partial charge in [-0.1, -0.05) is 0 Å². The quantitative estimate of drug-likeness (QED) is 0.472. The lowest BCUT2D eigenvalue weighted by Gasteiger charge is -2.05. The Labute approximate surface area is 55.8 Å². The number of epoxide rings is 1. The first kappa shape index (κ1) is 5.69. The summed E-state index contributed by atoms with van der Waals surface area (Å²) in [5.41, 5.74) is 0. The van der Waals surface area contributed by atoms with E-state index in [1.54, 1.807) is 0 Å². The van der Waals surface area contributed by atoms with Crippen molar-refractivity contribution >= 4 is 0 Å². The van der Waals surface area contributed by atoms with Gasteiger partial charge in [-0.2, -0.15) is 0 Å². The summed E-state index contributed by atoms with van der Waals surface area (Å²) in [6.07, 6.45) is 1.98. The fourth-order valence-electron chi connectivity index (χ4n) is 1.60. The van der Waals surface area contributed by atoms with Crippen molar-refractivity contribution in [2.45, 2.75) is 12.5 Å². The van der Waals surface area contributed by atoms with Crippen LogP contribution in [0, 0.1) is 5.92 Å². The molecule has 9 heavy (non-hydrogen) atoms. The Kier molecular flexibility index (Phi) is 1.24. The zero-order valence-corrected chi connectivity index (χ0v) is 5.84. The van der Waals surface area contributed by atoms with Crippen LogP contribution in [0.3, 0.4) is 0 Å². The highest BCUT2D eigenvalue weighted by atomic mass is 16.6. The summed E-state index contributed by atoms with van der Waals surface area (Å²) in [5.74, 6) is 0.856. The standard InChI is InChI=1S/C7H13NO/c1-8-3-2-6(4-8)7-5-9-7/h6-7H,2-5H2,1H3/t6-,7+/m1/s1. The molecular formula is C7H13NO. The molecule has 0 saturated carbocycles. The maximum atomic E-state index is 5.21. The minimum Gasteiger partial charge on any atom is -0.373 e. The number of rotatable bonds is 1. The van der Waals surface area contributed by atoms with E-state index in [4.69, 9.17) is 4.74 Å². The molecule has 0 aromatic heterocycles. The molecule has 0 aromatic rings. The molecule has 2 heteroatoms. The summed E-state index contributed by atoms with van der Waals surface area (Å²) in [7, 11) is 2.18. The molecule has 0 radical (unpaired) electrons. The SMILES string of the molecule is CN1CC[C@@H]([C@@H]2CO2)C1. The van der Waals surface area contributed by atoms with Crippen molar-refractivity contribution in [3.63, 3.8) is 0 Å². The van der Waals surface area contributed by atoms with E-state index in [2.05, 4.69) is 11.9 Å². The Hall–Kier alpha value is -0.0800. The lowest BCUT2D eigenvalue weighted by atomic mass is 10.1. The number of hydrogen-bond acceptors (Lipinski definition) is 2. The Bertz CT molecular complexity index is 111. The molecule has 0 aromatic carbocycles. The molecule has 2 nitrogen and oxygen atoms in total. The summed E-state index contributed by atoms with van der Waals surface area (Å²) in [4.78, 5) is 2.38. The molecule has 52 valence electrons. The van der Waals surface area contributed by atoms with Crippen LogP contribution in [-0.4, -0.2) is 37.7 Å². The van der Waals surface area contributed by atoms with Crippen LogP contribution in [0.2, 0.25) is 0 Å². The first-order valence-corrected chi connectivity index (χ1v) is 3.66. The third-order valence-electron chi connectivity index (χ3n) is 2.31. The summed E-state index contributed by atoms with van der Waals surface area (Å²) in [6.45, 7) is 3.55. The Morgan fingerprint density at radius 1 is 1.56 bits per heavy atom. The normalized spacial score (nSPS) is 43.7. The van der Waals surface area contributed by atoms with Gasteiger partial charge in [0.15, 0.2) is 0 Å². The topological polar surface area (TPSA) is 15.8 Å². The van der Waals surface area contributed by atoms with Crippen LogP contribution in [0.1, 0.15) is 6.42 Å². The molecule has 0 spiro atoms. The molecule has 0 aliphatic carbocycles. The molecule has 0 N–H and O–H groups in total. The molecule has 0 bridgehead atoms. The van der Waals surface area contributed by atoms with Crippen LogP contribution in [-0.2, 0) is 4.74 Å². The molecule has 0 amide bonds. The van der Waals surface area contributed by atoms with Gasteiger partial charge >= 0.3 is 0 Å². The third-order valence-corrected chi connectivity index (χ3v) is 2.31. The Morgan fingerprint density at radius 2 is 2.33 bits per heavy atom. The molecule has 2 fully saturated rings.